The number of amides is 2. The summed E-state index contributed by atoms with van der Waals surface area (Å²) < 4.78 is 0. The minimum Gasteiger partial charge on any atom is -0.366 e. The molecule has 0 radical (unpaired) electrons. The quantitative estimate of drug-likeness (QED) is 0.882. The Hall–Kier alpha value is -2.04. The molecule has 1 saturated carbocycles. The van der Waals surface area contributed by atoms with E-state index in [-0.39, 0.29) is 5.91 Å². The van der Waals surface area contributed by atoms with Gasteiger partial charge in [-0.15, -0.1) is 0 Å². The molecule has 3 rings (SSSR count). The molecular formula is C17H14Cl2N2O2. The highest BCUT2D eigenvalue weighted by molar-refractivity contribution is 6.34. The van der Waals surface area contributed by atoms with Crippen molar-refractivity contribution < 1.29 is 9.59 Å². The van der Waals surface area contributed by atoms with Crippen molar-refractivity contribution in [3.05, 3.63) is 63.6 Å². The lowest BCUT2D eigenvalue weighted by molar-refractivity contribution is -0.118. The molecule has 0 atom stereocenters. The first-order chi connectivity index (χ1) is 10.9. The third kappa shape index (κ3) is 3.05. The van der Waals surface area contributed by atoms with Gasteiger partial charge in [0.2, 0.25) is 11.8 Å². The van der Waals surface area contributed by atoms with Gasteiger partial charge in [-0.2, -0.15) is 0 Å². The monoisotopic (exact) mass is 348 g/mol. The predicted octanol–water partition coefficient (Wildman–Crippen LogP) is 3.76. The molecule has 3 N–H and O–H groups in total. The van der Waals surface area contributed by atoms with Gasteiger partial charge in [-0.3, -0.25) is 9.59 Å². The van der Waals surface area contributed by atoms with Crippen LogP contribution in [-0.4, -0.2) is 11.8 Å². The summed E-state index contributed by atoms with van der Waals surface area (Å²) in [5.41, 5.74) is 6.29. The minimum absolute atomic E-state index is 0.150. The van der Waals surface area contributed by atoms with E-state index in [0.29, 0.717) is 21.3 Å². The van der Waals surface area contributed by atoms with Gasteiger partial charge in [0.25, 0.3) is 0 Å². The Bertz CT molecular complexity index is 784. The Kier molecular flexibility index (Phi) is 4.04. The second kappa shape index (κ2) is 5.87. The highest BCUT2D eigenvalue weighted by atomic mass is 35.5. The first-order valence-corrected chi connectivity index (χ1v) is 7.85. The number of nitrogens with one attached hydrogen (secondary N) is 1. The number of hydrogen-bond acceptors (Lipinski definition) is 2. The van der Waals surface area contributed by atoms with E-state index in [1.807, 2.05) is 12.1 Å². The van der Waals surface area contributed by atoms with Crippen molar-refractivity contribution in [2.45, 2.75) is 18.3 Å². The number of benzene rings is 2. The normalized spacial score (nSPS) is 15.0. The number of rotatable bonds is 4. The summed E-state index contributed by atoms with van der Waals surface area (Å²) in [5, 5.41) is 3.79. The molecule has 2 amide bonds. The molecule has 4 nitrogen and oxygen atoms in total. The number of nitrogens with two attached hydrogens (primary N) is 1. The van der Waals surface area contributed by atoms with Crippen molar-refractivity contribution in [3.8, 4) is 0 Å². The lowest BCUT2D eigenvalue weighted by Crippen LogP contribution is -2.28. The van der Waals surface area contributed by atoms with Crippen LogP contribution in [0.4, 0.5) is 5.69 Å². The van der Waals surface area contributed by atoms with Crippen LogP contribution in [0.5, 0.6) is 0 Å². The highest BCUT2D eigenvalue weighted by Gasteiger charge is 2.51. The minimum atomic E-state index is -0.573. The highest BCUT2D eigenvalue weighted by Crippen LogP contribution is 2.49. The van der Waals surface area contributed by atoms with Gasteiger partial charge in [-0.25, -0.2) is 0 Å². The van der Waals surface area contributed by atoms with Crippen LogP contribution in [0.1, 0.15) is 28.8 Å². The summed E-state index contributed by atoms with van der Waals surface area (Å²) in [4.78, 5) is 24.0. The number of hydrogen-bond donors (Lipinski definition) is 2. The largest absolute Gasteiger partial charge is 0.366 e. The van der Waals surface area contributed by atoms with Crippen molar-refractivity contribution in [1.29, 1.82) is 0 Å². The van der Waals surface area contributed by atoms with Crippen LogP contribution in [0.3, 0.4) is 0 Å². The fraction of sp³-hybridized carbons (Fsp3) is 0.176. The molecule has 2 aromatic carbocycles. The molecule has 118 valence electrons. The van der Waals surface area contributed by atoms with Crippen LogP contribution >= 0.6 is 23.2 Å². The smallest absolute Gasteiger partial charge is 0.248 e. The summed E-state index contributed by atoms with van der Waals surface area (Å²) in [6.45, 7) is 0. The summed E-state index contributed by atoms with van der Waals surface area (Å²) in [5.74, 6) is -0.723. The number of carbonyl (C=O) groups excluding carboxylic acids is 2. The topological polar surface area (TPSA) is 72.2 Å². The third-order valence-corrected chi connectivity index (χ3v) is 4.66. The molecule has 0 spiro atoms. The fourth-order valence-electron chi connectivity index (χ4n) is 2.56. The van der Waals surface area contributed by atoms with Crippen LogP contribution < -0.4 is 11.1 Å². The van der Waals surface area contributed by atoms with Crippen LogP contribution in [0.25, 0.3) is 0 Å². The van der Waals surface area contributed by atoms with Gasteiger partial charge in [0.05, 0.1) is 16.1 Å². The Morgan fingerprint density at radius 3 is 2.26 bits per heavy atom. The van der Waals surface area contributed by atoms with Crippen LogP contribution in [0.15, 0.2) is 42.5 Å². The number of carbonyl (C=O) groups is 2. The van der Waals surface area contributed by atoms with Crippen molar-refractivity contribution >= 4 is 40.7 Å². The zero-order valence-corrected chi connectivity index (χ0v) is 13.6. The molecule has 0 heterocycles. The van der Waals surface area contributed by atoms with Crippen molar-refractivity contribution in [3.63, 3.8) is 0 Å². The Morgan fingerprint density at radius 1 is 1.04 bits per heavy atom. The second-order valence-electron chi connectivity index (χ2n) is 5.60. The van der Waals surface area contributed by atoms with Gasteiger partial charge in [0, 0.05) is 10.6 Å². The molecule has 1 aliphatic rings. The predicted molar refractivity (Wildman–Crippen MR) is 91.0 cm³/mol. The van der Waals surface area contributed by atoms with Crippen molar-refractivity contribution in [2.75, 3.05) is 5.32 Å². The zero-order valence-electron chi connectivity index (χ0n) is 12.1. The van der Waals surface area contributed by atoms with E-state index in [1.165, 1.54) is 12.1 Å². The van der Waals surface area contributed by atoms with Crippen LogP contribution in [-0.2, 0) is 10.2 Å². The lowest BCUT2D eigenvalue weighted by Gasteiger charge is -2.17. The average molecular weight is 349 g/mol. The Morgan fingerprint density at radius 2 is 1.70 bits per heavy atom. The van der Waals surface area contributed by atoms with Gasteiger partial charge in [-0.1, -0.05) is 35.3 Å². The average Bonchev–Trinajstić information content (AvgIpc) is 3.31. The fourth-order valence-corrected chi connectivity index (χ4v) is 2.85. The molecule has 6 heteroatoms. The zero-order chi connectivity index (χ0) is 16.6. The standard InChI is InChI=1S/C17H14Cl2N2O2/c18-12-4-2-11(3-5-12)17(7-8-17)16(23)21-14-9-10(15(20)22)1-6-13(14)19/h1-6,9H,7-8H2,(H2,20,22)(H,21,23). The Balaban J connectivity index is 1.86. The van der Waals surface area contributed by atoms with Crippen molar-refractivity contribution in [2.24, 2.45) is 5.73 Å². The molecule has 0 aliphatic heterocycles. The second-order valence-corrected chi connectivity index (χ2v) is 6.45. The van der Waals surface area contributed by atoms with Gasteiger partial charge in [0.1, 0.15) is 0 Å². The van der Waals surface area contributed by atoms with E-state index < -0.39 is 11.3 Å². The SMILES string of the molecule is NC(=O)c1ccc(Cl)c(NC(=O)C2(c3ccc(Cl)cc3)CC2)c1. The number of halogens is 2. The van der Waals surface area contributed by atoms with Crippen LogP contribution in [0, 0.1) is 0 Å². The van der Waals surface area contributed by atoms with E-state index in [2.05, 4.69) is 5.32 Å². The van der Waals surface area contributed by atoms with E-state index in [4.69, 9.17) is 28.9 Å². The molecular weight excluding hydrogens is 335 g/mol. The maximum atomic E-state index is 12.7. The Labute approximate surface area is 143 Å². The van der Waals surface area contributed by atoms with Crippen LogP contribution in [0.2, 0.25) is 10.0 Å². The number of primary amides is 1. The summed E-state index contributed by atoms with van der Waals surface area (Å²) in [7, 11) is 0. The summed E-state index contributed by atoms with van der Waals surface area (Å²) in [6.07, 6.45) is 1.52. The van der Waals surface area contributed by atoms with E-state index in [9.17, 15) is 9.59 Å². The van der Waals surface area contributed by atoms with Crippen molar-refractivity contribution in [1.82, 2.24) is 0 Å². The molecule has 0 saturated heterocycles. The van der Waals surface area contributed by atoms with E-state index in [1.54, 1.807) is 18.2 Å². The van der Waals surface area contributed by atoms with E-state index >= 15 is 0 Å². The third-order valence-electron chi connectivity index (χ3n) is 4.08. The first-order valence-electron chi connectivity index (χ1n) is 7.09. The van der Waals surface area contributed by atoms with Gasteiger partial charge >= 0.3 is 0 Å². The summed E-state index contributed by atoms with van der Waals surface area (Å²) in [6, 6.07) is 11.8. The maximum Gasteiger partial charge on any atom is 0.248 e. The molecule has 0 bridgehead atoms. The molecule has 1 fully saturated rings. The van der Waals surface area contributed by atoms with Gasteiger partial charge < -0.3 is 11.1 Å². The first kappa shape index (κ1) is 15.8. The molecule has 1 aliphatic carbocycles. The maximum absolute atomic E-state index is 12.7. The van der Waals surface area contributed by atoms with Gasteiger partial charge in [-0.05, 0) is 48.7 Å². The molecule has 0 unspecified atom stereocenters. The molecule has 23 heavy (non-hydrogen) atoms. The van der Waals surface area contributed by atoms with Gasteiger partial charge in [0.15, 0.2) is 0 Å². The molecule has 2 aromatic rings. The number of anilines is 1. The van der Waals surface area contributed by atoms with E-state index in [0.717, 1.165) is 18.4 Å². The lowest BCUT2D eigenvalue weighted by atomic mass is 9.95. The summed E-state index contributed by atoms with van der Waals surface area (Å²) >= 11 is 12.0. The molecule has 0 aromatic heterocycles.